The van der Waals surface area contributed by atoms with E-state index in [9.17, 15) is 4.79 Å². The van der Waals surface area contributed by atoms with Gasteiger partial charge in [0.15, 0.2) is 0 Å². The van der Waals surface area contributed by atoms with Crippen LogP contribution in [0.25, 0.3) is 0 Å². The largest absolute Gasteiger partial charge is 0.273 e. The van der Waals surface area contributed by atoms with Crippen LogP contribution in [0.5, 0.6) is 0 Å². The van der Waals surface area contributed by atoms with Gasteiger partial charge in [-0.25, -0.2) is 5.43 Å². The molecule has 0 bridgehead atoms. The molecule has 84 valence electrons. The number of benzene rings is 1. The van der Waals surface area contributed by atoms with Crippen LogP contribution in [0.2, 0.25) is 0 Å². The standard InChI is InChI=1S/C12H13BrN2O/c1-8(10-3-2-4-11(13)7-10)14-15-12(16)9-5-6-9/h2-4,7,9H,5-6H2,1H3,(H,15,16)/b14-8-. The summed E-state index contributed by atoms with van der Waals surface area (Å²) in [5.74, 6) is 0.230. The Bertz CT molecular complexity index is 438. The lowest BCUT2D eigenvalue weighted by molar-refractivity contribution is -0.122. The number of hydrogen-bond donors (Lipinski definition) is 1. The Hall–Kier alpha value is -1.16. The van der Waals surface area contributed by atoms with Crippen LogP contribution in [0.3, 0.4) is 0 Å². The molecule has 1 N–H and O–H groups in total. The number of rotatable bonds is 3. The van der Waals surface area contributed by atoms with Gasteiger partial charge in [0, 0.05) is 10.4 Å². The van der Waals surface area contributed by atoms with Gasteiger partial charge in [-0.1, -0.05) is 28.1 Å². The van der Waals surface area contributed by atoms with E-state index in [0.717, 1.165) is 28.6 Å². The van der Waals surface area contributed by atoms with Crippen LogP contribution >= 0.6 is 15.9 Å². The second-order valence-corrected chi connectivity index (χ2v) is 4.87. The van der Waals surface area contributed by atoms with Gasteiger partial charge < -0.3 is 0 Å². The van der Waals surface area contributed by atoms with Crippen LogP contribution in [-0.4, -0.2) is 11.6 Å². The summed E-state index contributed by atoms with van der Waals surface area (Å²) in [6, 6.07) is 7.84. The highest BCUT2D eigenvalue weighted by molar-refractivity contribution is 9.10. The number of carbonyl (C=O) groups is 1. The number of nitrogens with one attached hydrogen (secondary N) is 1. The first-order valence-corrected chi connectivity index (χ1v) is 6.06. The van der Waals surface area contributed by atoms with Gasteiger partial charge in [-0.2, -0.15) is 5.10 Å². The third-order valence-electron chi connectivity index (χ3n) is 2.52. The molecule has 0 heterocycles. The maximum Gasteiger partial charge on any atom is 0.243 e. The molecule has 1 fully saturated rings. The first-order chi connectivity index (χ1) is 7.66. The highest BCUT2D eigenvalue weighted by Gasteiger charge is 2.29. The molecule has 0 saturated heterocycles. The Kier molecular flexibility index (Phi) is 3.39. The smallest absolute Gasteiger partial charge is 0.243 e. The zero-order valence-electron chi connectivity index (χ0n) is 9.03. The molecule has 16 heavy (non-hydrogen) atoms. The second kappa shape index (κ2) is 4.78. The summed E-state index contributed by atoms with van der Waals surface area (Å²) in [6.07, 6.45) is 1.99. The van der Waals surface area contributed by atoms with Crippen LogP contribution in [-0.2, 0) is 4.79 Å². The van der Waals surface area contributed by atoms with Gasteiger partial charge in [-0.05, 0) is 37.5 Å². The molecule has 0 radical (unpaired) electrons. The SMILES string of the molecule is C/C(=N/NC(=O)C1CC1)c1cccc(Br)c1. The average Bonchev–Trinajstić information content (AvgIpc) is 3.09. The quantitative estimate of drug-likeness (QED) is 0.671. The molecule has 1 aromatic carbocycles. The van der Waals surface area contributed by atoms with E-state index in [0.29, 0.717) is 0 Å². The average molecular weight is 281 g/mol. The Morgan fingerprint density at radius 2 is 2.25 bits per heavy atom. The van der Waals surface area contributed by atoms with Gasteiger partial charge in [0.1, 0.15) is 0 Å². The van der Waals surface area contributed by atoms with Crippen molar-refractivity contribution in [1.82, 2.24) is 5.43 Å². The van der Waals surface area contributed by atoms with E-state index < -0.39 is 0 Å². The Morgan fingerprint density at radius 3 is 2.88 bits per heavy atom. The first-order valence-electron chi connectivity index (χ1n) is 5.27. The minimum Gasteiger partial charge on any atom is -0.273 e. The topological polar surface area (TPSA) is 41.5 Å². The Morgan fingerprint density at radius 1 is 1.50 bits per heavy atom. The molecular formula is C12H13BrN2O. The van der Waals surface area contributed by atoms with Crippen LogP contribution in [0, 0.1) is 5.92 Å². The molecule has 0 unspecified atom stereocenters. The Balaban J connectivity index is 2.02. The molecule has 0 atom stereocenters. The van der Waals surface area contributed by atoms with Gasteiger partial charge in [-0.15, -0.1) is 0 Å². The molecule has 1 saturated carbocycles. The number of halogens is 1. The number of hydrogen-bond acceptors (Lipinski definition) is 2. The predicted molar refractivity (Wildman–Crippen MR) is 67.2 cm³/mol. The van der Waals surface area contributed by atoms with Crippen molar-refractivity contribution in [3.63, 3.8) is 0 Å². The fourth-order valence-electron chi connectivity index (χ4n) is 1.35. The molecule has 0 aliphatic heterocycles. The summed E-state index contributed by atoms with van der Waals surface area (Å²) in [4.78, 5) is 11.4. The normalized spacial score (nSPS) is 16.0. The van der Waals surface area contributed by atoms with Crippen LogP contribution in [0.1, 0.15) is 25.3 Å². The third-order valence-corrected chi connectivity index (χ3v) is 3.02. The highest BCUT2D eigenvalue weighted by atomic mass is 79.9. The van der Waals surface area contributed by atoms with Crippen molar-refractivity contribution >= 4 is 27.5 Å². The van der Waals surface area contributed by atoms with Crippen molar-refractivity contribution in [3.05, 3.63) is 34.3 Å². The lowest BCUT2D eigenvalue weighted by Crippen LogP contribution is -2.20. The van der Waals surface area contributed by atoms with E-state index in [-0.39, 0.29) is 11.8 Å². The van der Waals surface area contributed by atoms with E-state index in [2.05, 4.69) is 26.5 Å². The summed E-state index contributed by atoms with van der Waals surface area (Å²) >= 11 is 3.40. The van der Waals surface area contributed by atoms with Crippen molar-refractivity contribution in [2.45, 2.75) is 19.8 Å². The molecule has 4 heteroatoms. The lowest BCUT2D eigenvalue weighted by atomic mass is 10.1. The molecule has 3 nitrogen and oxygen atoms in total. The summed E-state index contributed by atoms with van der Waals surface area (Å²) in [7, 11) is 0. The van der Waals surface area contributed by atoms with Crippen molar-refractivity contribution in [1.29, 1.82) is 0 Å². The van der Waals surface area contributed by atoms with Gasteiger partial charge in [0.2, 0.25) is 5.91 Å². The van der Waals surface area contributed by atoms with Crippen molar-refractivity contribution in [2.24, 2.45) is 11.0 Å². The predicted octanol–water partition coefficient (Wildman–Crippen LogP) is 2.70. The molecule has 0 spiro atoms. The molecule has 1 amide bonds. The van der Waals surface area contributed by atoms with E-state index in [4.69, 9.17) is 0 Å². The highest BCUT2D eigenvalue weighted by Crippen LogP contribution is 2.28. The summed E-state index contributed by atoms with van der Waals surface area (Å²) in [6.45, 7) is 1.88. The van der Waals surface area contributed by atoms with E-state index >= 15 is 0 Å². The molecule has 2 rings (SSSR count). The molecule has 1 aromatic rings. The zero-order valence-corrected chi connectivity index (χ0v) is 10.6. The number of amides is 1. The van der Waals surface area contributed by atoms with E-state index in [1.807, 2.05) is 31.2 Å². The van der Waals surface area contributed by atoms with Crippen LogP contribution < -0.4 is 5.43 Å². The molecule has 1 aliphatic carbocycles. The lowest BCUT2D eigenvalue weighted by Gasteiger charge is -2.02. The third kappa shape index (κ3) is 2.92. The fourth-order valence-corrected chi connectivity index (χ4v) is 1.75. The van der Waals surface area contributed by atoms with Crippen molar-refractivity contribution < 1.29 is 4.79 Å². The van der Waals surface area contributed by atoms with Gasteiger partial charge in [0.25, 0.3) is 0 Å². The number of nitrogens with zero attached hydrogens (tertiary/aromatic N) is 1. The molecule has 0 aromatic heterocycles. The van der Waals surface area contributed by atoms with Gasteiger partial charge in [-0.3, -0.25) is 4.79 Å². The van der Waals surface area contributed by atoms with Gasteiger partial charge >= 0.3 is 0 Å². The number of hydrazone groups is 1. The minimum atomic E-state index is 0.0364. The van der Waals surface area contributed by atoms with Crippen molar-refractivity contribution in [2.75, 3.05) is 0 Å². The molecule has 1 aliphatic rings. The monoisotopic (exact) mass is 280 g/mol. The van der Waals surface area contributed by atoms with E-state index in [1.165, 1.54) is 0 Å². The molecular weight excluding hydrogens is 268 g/mol. The number of carbonyl (C=O) groups excluding carboxylic acids is 1. The van der Waals surface area contributed by atoms with Crippen molar-refractivity contribution in [3.8, 4) is 0 Å². The minimum absolute atomic E-state index is 0.0364. The zero-order chi connectivity index (χ0) is 11.5. The summed E-state index contributed by atoms with van der Waals surface area (Å²) < 4.78 is 1.01. The van der Waals surface area contributed by atoms with E-state index in [1.54, 1.807) is 0 Å². The maximum absolute atomic E-state index is 11.4. The first kappa shape index (κ1) is 11.3. The van der Waals surface area contributed by atoms with Crippen LogP contribution in [0.4, 0.5) is 0 Å². The fraction of sp³-hybridized carbons (Fsp3) is 0.333. The maximum atomic E-state index is 11.4. The van der Waals surface area contributed by atoms with Crippen LogP contribution in [0.15, 0.2) is 33.8 Å². The summed E-state index contributed by atoms with van der Waals surface area (Å²) in [5.41, 5.74) is 4.42. The second-order valence-electron chi connectivity index (χ2n) is 3.96. The van der Waals surface area contributed by atoms with Gasteiger partial charge in [0.05, 0.1) is 5.71 Å². The Labute approximate surface area is 103 Å². The summed E-state index contributed by atoms with van der Waals surface area (Å²) in [5, 5.41) is 4.09.